The molecule has 154 valence electrons. The first-order valence-electron chi connectivity index (χ1n) is 10.0. The Kier molecular flexibility index (Phi) is 5.77. The third-order valence-corrected chi connectivity index (χ3v) is 5.78. The molecule has 0 spiro atoms. The van der Waals surface area contributed by atoms with Gasteiger partial charge in [-0.05, 0) is 37.0 Å². The highest BCUT2D eigenvalue weighted by Crippen LogP contribution is 2.34. The number of hydrogen-bond acceptors (Lipinski definition) is 6. The Morgan fingerprint density at radius 2 is 1.93 bits per heavy atom. The average molecular weight is 405 g/mol. The minimum Gasteiger partial charge on any atom is -0.445 e. The van der Waals surface area contributed by atoms with Gasteiger partial charge in [-0.15, -0.1) is 0 Å². The van der Waals surface area contributed by atoms with Gasteiger partial charge in [0.15, 0.2) is 5.78 Å². The summed E-state index contributed by atoms with van der Waals surface area (Å²) in [7, 11) is 0. The van der Waals surface area contributed by atoms with E-state index in [0.29, 0.717) is 42.9 Å². The topological polar surface area (TPSA) is 92.5 Å². The van der Waals surface area contributed by atoms with Gasteiger partial charge < -0.3 is 9.47 Å². The highest BCUT2D eigenvalue weighted by molar-refractivity contribution is 5.98. The molecule has 1 aromatic carbocycles. The van der Waals surface area contributed by atoms with Gasteiger partial charge >= 0.3 is 6.09 Å². The van der Waals surface area contributed by atoms with Gasteiger partial charge in [0, 0.05) is 17.7 Å². The molecule has 0 radical (unpaired) electrons. The van der Waals surface area contributed by atoms with E-state index in [1.165, 1.54) is 6.20 Å². The van der Waals surface area contributed by atoms with Crippen LogP contribution in [0.5, 0.6) is 0 Å². The molecule has 1 amide bonds. The van der Waals surface area contributed by atoms with E-state index in [9.17, 15) is 9.59 Å². The number of pyridine rings is 1. The Balaban J connectivity index is 1.44. The molecule has 2 unspecified atom stereocenters. The third-order valence-electron chi connectivity index (χ3n) is 5.78. The van der Waals surface area contributed by atoms with Crippen LogP contribution in [0.15, 0.2) is 42.6 Å². The summed E-state index contributed by atoms with van der Waals surface area (Å²) in [6, 6.07) is 12.9. The van der Waals surface area contributed by atoms with Gasteiger partial charge in [-0.2, -0.15) is 5.26 Å². The van der Waals surface area contributed by atoms with Gasteiger partial charge in [0.05, 0.1) is 25.3 Å². The molecule has 7 nitrogen and oxygen atoms in total. The molecule has 4 rings (SSSR count). The number of ether oxygens (including phenoxy) is 2. The molecule has 2 saturated heterocycles. The lowest BCUT2D eigenvalue weighted by Gasteiger charge is -2.47. The summed E-state index contributed by atoms with van der Waals surface area (Å²) in [5.74, 6) is -0.208. The molecule has 0 aliphatic carbocycles. The van der Waals surface area contributed by atoms with Crippen molar-refractivity contribution in [2.75, 3.05) is 13.2 Å². The van der Waals surface area contributed by atoms with Crippen LogP contribution in [0.2, 0.25) is 0 Å². The predicted molar refractivity (Wildman–Crippen MR) is 108 cm³/mol. The van der Waals surface area contributed by atoms with Gasteiger partial charge in [-0.3, -0.25) is 9.69 Å². The number of nitrogens with zero attached hydrogens (tertiary/aromatic N) is 3. The van der Waals surface area contributed by atoms with Crippen LogP contribution in [0.4, 0.5) is 4.79 Å². The van der Waals surface area contributed by atoms with Crippen molar-refractivity contribution >= 4 is 11.9 Å². The maximum Gasteiger partial charge on any atom is 0.410 e. The molecule has 7 heteroatoms. The fourth-order valence-electron chi connectivity index (χ4n) is 4.28. The predicted octanol–water partition coefficient (Wildman–Crippen LogP) is 3.26. The second-order valence-electron chi connectivity index (χ2n) is 7.83. The van der Waals surface area contributed by atoms with Crippen LogP contribution in [-0.2, 0) is 16.1 Å². The van der Waals surface area contributed by atoms with Crippen molar-refractivity contribution in [1.29, 1.82) is 5.26 Å². The van der Waals surface area contributed by atoms with Crippen molar-refractivity contribution < 1.29 is 19.1 Å². The summed E-state index contributed by atoms with van der Waals surface area (Å²) in [6.45, 7) is 2.78. The van der Waals surface area contributed by atoms with E-state index in [0.717, 1.165) is 5.56 Å². The van der Waals surface area contributed by atoms with E-state index in [1.807, 2.05) is 36.4 Å². The lowest BCUT2D eigenvalue weighted by atomic mass is 9.81. The van der Waals surface area contributed by atoms with Crippen LogP contribution in [0.25, 0.3) is 0 Å². The monoisotopic (exact) mass is 405 g/mol. The van der Waals surface area contributed by atoms with E-state index in [1.54, 1.807) is 17.9 Å². The van der Waals surface area contributed by atoms with Crippen molar-refractivity contribution in [3.63, 3.8) is 0 Å². The number of nitriles is 1. The molecule has 2 aliphatic heterocycles. The number of aryl methyl sites for hydroxylation is 1. The van der Waals surface area contributed by atoms with E-state index < -0.39 is 0 Å². The van der Waals surface area contributed by atoms with E-state index in [-0.39, 0.29) is 36.5 Å². The summed E-state index contributed by atoms with van der Waals surface area (Å²) in [5.41, 5.74) is 2.46. The summed E-state index contributed by atoms with van der Waals surface area (Å²) >= 11 is 0. The lowest BCUT2D eigenvalue weighted by Crippen LogP contribution is -2.59. The highest BCUT2D eigenvalue weighted by Gasteiger charge is 2.44. The van der Waals surface area contributed by atoms with E-state index >= 15 is 0 Å². The second-order valence-corrected chi connectivity index (χ2v) is 7.83. The SMILES string of the molecule is Cc1cc(C(=O)C2CC3COCC(C2)N3C(=O)OCc2ccccc2)cnc1C#N. The molecule has 3 heterocycles. The van der Waals surface area contributed by atoms with E-state index in [4.69, 9.17) is 14.7 Å². The number of morpholine rings is 1. The average Bonchev–Trinajstić information content (AvgIpc) is 2.76. The van der Waals surface area contributed by atoms with Gasteiger partial charge in [0.2, 0.25) is 0 Å². The quantitative estimate of drug-likeness (QED) is 0.725. The van der Waals surface area contributed by atoms with Crippen LogP contribution in [0.3, 0.4) is 0 Å². The van der Waals surface area contributed by atoms with Gasteiger partial charge in [-0.25, -0.2) is 9.78 Å². The number of carbonyl (C=O) groups is 2. The molecule has 0 N–H and O–H groups in total. The second kappa shape index (κ2) is 8.64. The fraction of sp³-hybridized carbons (Fsp3) is 0.391. The summed E-state index contributed by atoms with van der Waals surface area (Å²) in [6.07, 6.45) is 2.16. The Morgan fingerprint density at radius 3 is 2.57 bits per heavy atom. The molecule has 0 saturated carbocycles. The number of benzene rings is 1. The minimum absolute atomic E-state index is 0.00397. The van der Waals surface area contributed by atoms with Crippen LogP contribution >= 0.6 is 0 Å². The maximum absolute atomic E-state index is 13.1. The number of hydrogen-bond donors (Lipinski definition) is 0. The first kappa shape index (κ1) is 20.0. The Morgan fingerprint density at radius 1 is 1.23 bits per heavy atom. The largest absolute Gasteiger partial charge is 0.445 e. The van der Waals surface area contributed by atoms with Crippen molar-refractivity contribution in [3.05, 3.63) is 65.0 Å². The summed E-state index contributed by atoms with van der Waals surface area (Å²) < 4.78 is 11.2. The fourth-order valence-corrected chi connectivity index (χ4v) is 4.28. The molecule has 2 aromatic rings. The van der Waals surface area contributed by atoms with Gasteiger partial charge in [-0.1, -0.05) is 30.3 Å². The first-order chi connectivity index (χ1) is 14.6. The van der Waals surface area contributed by atoms with Crippen LogP contribution in [0, 0.1) is 24.2 Å². The number of fused-ring (bicyclic) bond motifs is 2. The van der Waals surface area contributed by atoms with Crippen LogP contribution < -0.4 is 0 Å². The number of aromatic nitrogens is 1. The molecular formula is C23H23N3O4. The number of amides is 1. The van der Waals surface area contributed by atoms with Crippen molar-refractivity contribution in [1.82, 2.24) is 9.88 Å². The minimum atomic E-state index is -0.362. The highest BCUT2D eigenvalue weighted by atomic mass is 16.6. The van der Waals surface area contributed by atoms with Crippen molar-refractivity contribution in [2.24, 2.45) is 5.92 Å². The van der Waals surface area contributed by atoms with Gasteiger partial charge in [0.25, 0.3) is 0 Å². The van der Waals surface area contributed by atoms with E-state index in [2.05, 4.69) is 4.98 Å². The Hall–Kier alpha value is -3.24. The van der Waals surface area contributed by atoms with Crippen molar-refractivity contribution in [2.45, 2.75) is 38.5 Å². The summed E-state index contributed by atoms with van der Waals surface area (Å²) in [5, 5.41) is 9.04. The van der Waals surface area contributed by atoms with Crippen LogP contribution in [-0.4, -0.2) is 47.1 Å². The molecule has 1 aromatic heterocycles. The molecule has 2 atom stereocenters. The van der Waals surface area contributed by atoms with Crippen molar-refractivity contribution in [3.8, 4) is 6.07 Å². The standard InChI is InChI=1S/C23H23N3O4/c1-15-7-18(11-25-21(15)10-24)22(27)17-8-19-13-29-14-20(9-17)26(19)23(28)30-12-16-5-3-2-4-6-16/h2-7,11,17,19-20H,8-9,12-14H2,1H3. The number of rotatable bonds is 4. The molecular weight excluding hydrogens is 382 g/mol. The zero-order chi connectivity index (χ0) is 21.1. The molecule has 2 fully saturated rings. The Bertz CT molecular complexity index is 972. The smallest absolute Gasteiger partial charge is 0.410 e. The number of Topliss-reactive ketones (excluding diaryl/α,β-unsaturated/α-hetero) is 1. The molecule has 30 heavy (non-hydrogen) atoms. The summed E-state index contributed by atoms with van der Waals surface area (Å²) in [4.78, 5) is 31.7. The number of piperidine rings is 1. The molecule has 2 bridgehead atoms. The zero-order valence-electron chi connectivity index (χ0n) is 16.8. The third kappa shape index (κ3) is 4.05. The first-order valence-corrected chi connectivity index (χ1v) is 10.0. The number of ketones is 1. The maximum atomic E-state index is 13.1. The lowest BCUT2D eigenvalue weighted by molar-refractivity contribution is -0.0755. The number of carbonyl (C=O) groups excluding carboxylic acids is 2. The molecule has 2 aliphatic rings. The Labute approximate surface area is 175 Å². The normalized spacial score (nSPS) is 22.8. The van der Waals surface area contributed by atoms with Gasteiger partial charge in [0.1, 0.15) is 18.4 Å². The zero-order valence-corrected chi connectivity index (χ0v) is 16.8. The van der Waals surface area contributed by atoms with Crippen LogP contribution in [0.1, 0.15) is 40.0 Å².